The van der Waals surface area contributed by atoms with Gasteiger partial charge in [0.15, 0.2) is 0 Å². The predicted molar refractivity (Wildman–Crippen MR) is 43.1 cm³/mol. The van der Waals surface area contributed by atoms with Crippen LogP contribution >= 0.6 is 11.3 Å². The van der Waals surface area contributed by atoms with E-state index in [-0.39, 0.29) is 11.9 Å². The zero-order valence-corrected chi connectivity index (χ0v) is 6.98. The Morgan fingerprint density at radius 1 is 1.82 bits per heavy atom. The molecule has 0 aliphatic carbocycles. The molecular formula is C8H8O2S. The number of epoxide rings is 1. The molecule has 0 spiro atoms. The number of carbonyl (C=O) groups is 1. The molecule has 1 aliphatic heterocycles. The van der Waals surface area contributed by atoms with Crippen LogP contribution in [0.15, 0.2) is 11.4 Å². The summed E-state index contributed by atoms with van der Waals surface area (Å²) in [6.07, 6.45) is -0.132. The van der Waals surface area contributed by atoms with E-state index in [1.54, 1.807) is 0 Å². The van der Waals surface area contributed by atoms with Crippen LogP contribution < -0.4 is 0 Å². The molecule has 0 amide bonds. The highest BCUT2D eigenvalue weighted by molar-refractivity contribution is 7.12. The lowest BCUT2D eigenvalue weighted by Crippen LogP contribution is -2.05. The lowest BCUT2D eigenvalue weighted by molar-refractivity contribution is 0.0957. The average molecular weight is 168 g/mol. The van der Waals surface area contributed by atoms with Gasteiger partial charge in [-0.05, 0) is 23.9 Å². The van der Waals surface area contributed by atoms with Gasteiger partial charge in [-0.2, -0.15) is 0 Å². The summed E-state index contributed by atoms with van der Waals surface area (Å²) in [7, 11) is 0. The minimum absolute atomic E-state index is 0.132. The molecule has 0 aromatic carbocycles. The largest absolute Gasteiger partial charge is 0.364 e. The van der Waals surface area contributed by atoms with E-state index in [9.17, 15) is 4.79 Å². The number of aryl methyl sites for hydroxylation is 1. The molecule has 1 unspecified atom stereocenters. The van der Waals surface area contributed by atoms with Crippen molar-refractivity contribution in [2.45, 2.75) is 13.0 Å². The molecule has 1 fully saturated rings. The van der Waals surface area contributed by atoms with Crippen LogP contribution in [0.4, 0.5) is 0 Å². The zero-order chi connectivity index (χ0) is 7.84. The first-order chi connectivity index (χ1) is 5.29. The summed E-state index contributed by atoms with van der Waals surface area (Å²) in [6, 6.07) is 1.96. The Labute approximate surface area is 68.8 Å². The molecule has 2 nitrogen and oxygen atoms in total. The van der Waals surface area contributed by atoms with Crippen molar-refractivity contribution in [2.75, 3.05) is 6.61 Å². The van der Waals surface area contributed by atoms with E-state index in [0.717, 1.165) is 10.4 Å². The molecule has 1 aromatic rings. The normalized spacial score (nSPS) is 21.7. The van der Waals surface area contributed by atoms with Gasteiger partial charge in [-0.15, -0.1) is 11.3 Å². The summed E-state index contributed by atoms with van der Waals surface area (Å²) < 4.78 is 4.91. The van der Waals surface area contributed by atoms with Crippen molar-refractivity contribution in [2.24, 2.45) is 0 Å². The first kappa shape index (κ1) is 7.00. The van der Waals surface area contributed by atoms with Gasteiger partial charge >= 0.3 is 0 Å². The lowest BCUT2D eigenvalue weighted by atomic mass is 10.2. The van der Waals surface area contributed by atoms with E-state index >= 15 is 0 Å². The second-order valence-electron chi connectivity index (χ2n) is 2.62. The Morgan fingerprint density at radius 3 is 3.00 bits per heavy atom. The van der Waals surface area contributed by atoms with Gasteiger partial charge in [-0.1, -0.05) is 0 Å². The smallest absolute Gasteiger partial charge is 0.204 e. The molecule has 2 rings (SSSR count). The molecule has 11 heavy (non-hydrogen) atoms. The van der Waals surface area contributed by atoms with Gasteiger partial charge in [0.05, 0.1) is 11.5 Å². The molecule has 3 heteroatoms. The molecule has 1 aliphatic rings. The third-order valence-electron chi connectivity index (χ3n) is 1.71. The third kappa shape index (κ3) is 1.21. The summed E-state index contributed by atoms with van der Waals surface area (Å²) >= 11 is 1.50. The third-order valence-corrected chi connectivity index (χ3v) is 2.74. The fourth-order valence-electron chi connectivity index (χ4n) is 0.971. The number of thiophene rings is 1. The van der Waals surface area contributed by atoms with Gasteiger partial charge in [0, 0.05) is 0 Å². The molecule has 0 saturated carbocycles. The first-order valence-electron chi connectivity index (χ1n) is 3.49. The van der Waals surface area contributed by atoms with Crippen molar-refractivity contribution in [1.29, 1.82) is 0 Å². The number of Topliss-reactive ketones (excluding diaryl/α,β-unsaturated/α-hetero) is 1. The molecule has 0 N–H and O–H groups in total. The van der Waals surface area contributed by atoms with Crippen molar-refractivity contribution in [3.05, 3.63) is 21.9 Å². The van der Waals surface area contributed by atoms with Crippen LogP contribution in [-0.4, -0.2) is 18.5 Å². The minimum Gasteiger partial charge on any atom is -0.364 e. The molecule has 58 valence electrons. The van der Waals surface area contributed by atoms with Gasteiger partial charge < -0.3 is 4.74 Å². The Kier molecular flexibility index (Phi) is 1.55. The van der Waals surface area contributed by atoms with E-state index in [0.29, 0.717) is 6.61 Å². The van der Waals surface area contributed by atoms with Gasteiger partial charge in [0.2, 0.25) is 5.78 Å². The van der Waals surface area contributed by atoms with Crippen LogP contribution in [0, 0.1) is 6.92 Å². The predicted octanol–water partition coefficient (Wildman–Crippen LogP) is 1.64. The average Bonchev–Trinajstić information content (AvgIpc) is 2.74. The van der Waals surface area contributed by atoms with Crippen molar-refractivity contribution in [3.8, 4) is 0 Å². The molecular weight excluding hydrogens is 160 g/mol. The van der Waals surface area contributed by atoms with Crippen LogP contribution in [0.25, 0.3) is 0 Å². The number of rotatable bonds is 2. The molecule has 1 atom stereocenters. The van der Waals surface area contributed by atoms with Crippen LogP contribution in [0.2, 0.25) is 0 Å². The van der Waals surface area contributed by atoms with Crippen LogP contribution in [0.1, 0.15) is 15.2 Å². The summed E-state index contributed by atoms with van der Waals surface area (Å²) in [5.41, 5.74) is 1.07. The van der Waals surface area contributed by atoms with Crippen LogP contribution in [0.3, 0.4) is 0 Å². The highest BCUT2D eigenvalue weighted by Crippen LogP contribution is 2.22. The van der Waals surface area contributed by atoms with Crippen molar-refractivity contribution >= 4 is 17.1 Å². The highest BCUT2D eigenvalue weighted by Gasteiger charge is 2.33. The Morgan fingerprint density at radius 2 is 2.55 bits per heavy atom. The van der Waals surface area contributed by atoms with Gasteiger partial charge in [-0.25, -0.2) is 0 Å². The number of hydrogen-bond donors (Lipinski definition) is 0. The first-order valence-corrected chi connectivity index (χ1v) is 4.37. The van der Waals surface area contributed by atoms with Gasteiger partial charge in [0.1, 0.15) is 6.10 Å². The molecule has 1 aromatic heterocycles. The van der Waals surface area contributed by atoms with E-state index in [2.05, 4.69) is 0 Å². The lowest BCUT2D eigenvalue weighted by Gasteiger charge is -1.92. The maximum atomic E-state index is 11.4. The second-order valence-corrected chi connectivity index (χ2v) is 3.54. The SMILES string of the molecule is Cc1ccsc1C(=O)C1CO1. The number of ketones is 1. The molecule has 1 saturated heterocycles. The Balaban J connectivity index is 2.27. The van der Waals surface area contributed by atoms with Crippen molar-refractivity contribution in [1.82, 2.24) is 0 Å². The Bertz CT molecular complexity index is 286. The summed E-state index contributed by atoms with van der Waals surface area (Å²) in [4.78, 5) is 12.2. The maximum absolute atomic E-state index is 11.4. The van der Waals surface area contributed by atoms with Crippen LogP contribution in [0.5, 0.6) is 0 Å². The maximum Gasteiger partial charge on any atom is 0.204 e. The van der Waals surface area contributed by atoms with Crippen molar-refractivity contribution in [3.63, 3.8) is 0 Å². The summed E-state index contributed by atoms with van der Waals surface area (Å²) in [5.74, 6) is 0.150. The monoisotopic (exact) mass is 168 g/mol. The van der Waals surface area contributed by atoms with Gasteiger partial charge in [0.25, 0.3) is 0 Å². The number of hydrogen-bond acceptors (Lipinski definition) is 3. The van der Waals surface area contributed by atoms with E-state index < -0.39 is 0 Å². The summed E-state index contributed by atoms with van der Waals surface area (Å²) in [6.45, 7) is 2.56. The van der Waals surface area contributed by atoms with Crippen LogP contribution in [-0.2, 0) is 4.74 Å². The fourth-order valence-corrected chi connectivity index (χ4v) is 1.88. The quantitative estimate of drug-likeness (QED) is 0.496. The molecule has 0 bridgehead atoms. The number of ether oxygens (including phenoxy) is 1. The second kappa shape index (κ2) is 2.43. The molecule has 2 heterocycles. The van der Waals surface area contributed by atoms with E-state index in [4.69, 9.17) is 4.74 Å². The minimum atomic E-state index is -0.132. The number of carbonyl (C=O) groups excluding carboxylic acids is 1. The highest BCUT2D eigenvalue weighted by atomic mass is 32.1. The Hall–Kier alpha value is -0.670. The standard InChI is InChI=1S/C8H8O2S/c1-5-2-3-11-8(5)7(9)6-4-10-6/h2-3,6H,4H2,1H3. The van der Waals surface area contributed by atoms with E-state index in [1.165, 1.54) is 11.3 Å². The zero-order valence-electron chi connectivity index (χ0n) is 6.16. The molecule has 0 radical (unpaired) electrons. The van der Waals surface area contributed by atoms with Crippen molar-refractivity contribution < 1.29 is 9.53 Å². The van der Waals surface area contributed by atoms with Gasteiger partial charge in [-0.3, -0.25) is 4.79 Å². The fraction of sp³-hybridized carbons (Fsp3) is 0.375. The topological polar surface area (TPSA) is 29.6 Å². The summed E-state index contributed by atoms with van der Waals surface area (Å²) in [5, 5.41) is 1.94. The van der Waals surface area contributed by atoms with E-state index in [1.807, 2.05) is 18.4 Å².